The number of hydrogen-bond acceptors (Lipinski definition) is 6. The number of halogens is 4. The Balaban J connectivity index is 1.49. The van der Waals surface area contributed by atoms with Crippen molar-refractivity contribution in [2.75, 3.05) is 13.2 Å². The van der Waals surface area contributed by atoms with Gasteiger partial charge in [-0.15, -0.1) is 0 Å². The first kappa shape index (κ1) is 30.4. The highest BCUT2D eigenvalue weighted by molar-refractivity contribution is 5.94. The molecule has 0 radical (unpaired) electrons. The van der Waals surface area contributed by atoms with Crippen molar-refractivity contribution < 1.29 is 46.5 Å². The van der Waals surface area contributed by atoms with Crippen molar-refractivity contribution in [3.8, 4) is 5.75 Å². The molecule has 0 spiro atoms. The summed E-state index contributed by atoms with van der Waals surface area (Å²) in [5, 5.41) is 14.9. The lowest BCUT2D eigenvalue weighted by molar-refractivity contribution is -0.142. The number of aryl methyl sites for hydroxylation is 1. The molecule has 1 heterocycles. The van der Waals surface area contributed by atoms with Crippen LogP contribution in [0, 0.1) is 23.3 Å². The molecule has 1 aliphatic heterocycles. The number of ether oxygens (including phenoxy) is 2. The fourth-order valence-corrected chi connectivity index (χ4v) is 5.41. The van der Waals surface area contributed by atoms with E-state index in [2.05, 4.69) is 21.4 Å². The van der Waals surface area contributed by atoms with Crippen molar-refractivity contribution >= 4 is 17.7 Å². The Morgan fingerprint density at radius 2 is 1.76 bits per heavy atom. The van der Waals surface area contributed by atoms with Crippen LogP contribution >= 0.6 is 0 Å². The first-order chi connectivity index (χ1) is 19.5. The van der Waals surface area contributed by atoms with Crippen LogP contribution in [-0.2, 0) is 37.7 Å². The summed E-state index contributed by atoms with van der Waals surface area (Å²) in [6.07, 6.45) is 5.38. The van der Waals surface area contributed by atoms with Gasteiger partial charge in [0.25, 0.3) is 0 Å². The van der Waals surface area contributed by atoms with Crippen LogP contribution in [0.3, 0.4) is 0 Å². The number of carbonyl (C=O) groups is 3. The van der Waals surface area contributed by atoms with E-state index >= 15 is 0 Å². The lowest BCUT2D eigenvalue weighted by atomic mass is 9.82. The van der Waals surface area contributed by atoms with Crippen LogP contribution in [0.25, 0.3) is 0 Å². The van der Waals surface area contributed by atoms with Crippen molar-refractivity contribution in [3.05, 3.63) is 64.2 Å². The maximum absolute atomic E-state index is 13.9. The number of Topliss-reactive ketones (excluding diaryl/α,β-unsaturated/α-hetero) is 1. The summed E-state index contributed by atoms with van der Waals surface area (Å²) in [6, 6.07) is 3.41. The van der Waals surface area contributed by atoms with E-state index < -0.39 is 77.5 Å². The number of ketones is 1. The predicted molar refractivity (Wildman–Crippen MR) is 138 cm³/mol. The lowest BCUT2D eigenvalue weighted by Gasteiger charge is -2.42. The minimum atomic E-state index is -1.85. The van der Waals surface area contributed by atoms with E-state index in [0.717, 1.165) is 44.1 Å². The molecule has 12 heteroatoms. The van der Waals surface area contributed by atoms with Crippen LogP contribution in [0.5, 0.6) is 5.75 Å². The average Bonchev–Trinajstić information content (AvgIpc) is 2.95. The number of hydrogen-bond donors (Lipinski definition) is 3. The molecule has 2 aromatic rings. The maximum atomic E-state index is 13.9. The first-order valence-electron chi connectivity index (χ1n) is 13.6. The minimum absolute atomic E-state index is 0.0186. The molecule has 0 aromatic heterocycles. The van der Waals surface area contributed by atoms with E-state index in [4.69, 9.17) is 4.74 Å². The smallest absolute Gasteiger partial charge is 0.305 e. The van der Waals surface area contributed by atoms with Gasteiger partial charge in [-0.2, -0.15) is 8.78 Å². The predicted octanol–water partition coefficient (Wildman–Crippen LogP) is 4.06. The molecule has 8 nitrogen and oxygen atoms in total. The topological polar surface area (TPSA) is 114 Å². The second kappa shape index (κ2) is 13.0. The minimum Gasteiger partial charge on any atom is -0.481 e. The maximum Gasteiger partial charge on any atom is 0.305 e. The van der Waals surface area contributed by atoms with Crippen LogP contribution in [0.15, 0.2) is 24.3 Å². The van der Waals surface area contributed by atoms with Crippen LogP contribution in [0.1, 0.15) is 62.1 Å². The summed E-state index contributed by atoms with van der Waals surface area (Å²) in [5.74, 6) is -11.9. The Labute approximate surface area is 234 Å². The van der Waals surface area contributed by atoms with Crippen molar-refractivity contribution in [1.29, 1.82) is 0 Å². The molecule has 2 aromatic carbocycles. The zero-order valence-electron chi connectivity index (χ0n) is 22.5. The Morgan fingerprint density at radius 3 is 2.41 bits per heavy atom. The van der Waals surface area contributed by atoms with Gasteiger partial charge in [-0.25, -0.2) is 8.78 Å². The summed E-state index contributed by atoms with van der Waals surface area (Å²) in [7, 11) is 0. The van der Waals surface area contributed by atoms with Crippen molar-refractivity contribution in [2.45, 2.75) is 76.1 Å². The molecule has 1 aliphatic carbocycles. The van der Waals surface area contributed by atoms with Crippen LogP contribution in [0.4, 0.5) is 17.6 Å². The van der Waals surface area contributed by atoms with E-state index in [1.165, 1.54) is 11.1 Å². The van der Waals surface area contributed by atoms with Crippen molar-refractivity contribution in [2.24, 2.45) is 0 Å². The van der Waals surface area contributed by atoms with Gasteiger partial charge < -0.3 is 19.9 Å². The highest BCUT2D eigenvalue weighted by Gasteiger charge is 2.40. The fourth-order valence-electron chi connectivity index (χ4n) is 5.41. The van der Waals surface area contributed by atoms with E-state index in [-0.39, 0.29) is 6.07 Å². The van der Waals surface area contributed by atoms with Gasteiger partial charge in [-0.1, -0.05) is 18.2 Å². The number of carboxylic acids is 1. The molecule has 1 saturated heterocycles. The number of rotatable bonds is 11. The quantitative estimate of drug-likeness (QED) is 0.271. The molecular weight excluding hydrogens is 548 g/mol. The van der Waals surface area contributed by atoms with Gasteiger partial charge in [0.05, 0.1) is 12.5 Å². The lowest BCUT2D eigenvalue weighted by Crippen LogP contribution is -2.57. The normalized spacial score (nSPS) is 20.0. The van der Waals surface area contributed by atoms with E-state index in [9.17, 15) is 37.1 Å². The summed E-state index contributed by atoms with van der Waals surface area (Å²) in [5.41, 5.74) is 2.40. The zero-order chi connectivity index (χ0) is 29.7. The second-order valence-corrected chi connectivity index (χ2v) is 10.4. The Bertz CT molecular complexity index is 1290. The van der Waals surface area contributed by atoms with Gasteiger partial charge in [0, 0.05) is 18.2 Å². The van der Waals surface area contributed by atoms with Gasteiger partial charge >= 0.3 is 5.97 Å². The Hall–Kier alpha value is -3.51. The molecule has 4 rings (SSSR count). The fraction of sp³-hybridized carbons (Fsp3) is 0.483. The molecule has 1 unspecified atom stereocenters. The molecule has 222 valence electrons. The molecule has 1 amide bonds. The standard InChI is InChI=1S/C29H32F4N2O6/c1-16(35-29(11-4-5-12-41-29)19-10-6-8-17-7-2-3-9-18(17)19)28(39)34-22(14-24(37)38)23(36)15-40-27-25(32)20(30)13-21(31)26(27)33/h6,8,10,13,16,22,35H,2-5,7,9,11-12,14-15H2,1H3,(H,34,39)(H,37,38)/t16-,22-,29?/m0/s1. The zero-order valence-corrected chi connectivity index (χ0v) is 22.5. The SMILES string of the molecule is C[C@H](NC1(c2cccc3c2CCCC3)CCCCO1)C(=O)N[C@@H](CC(=O)O)C(=O)COc1c(F)c(F)cc(F)c1F. The van der Waals surface area contributed by atoms with Gasteiger partial charge in [-0.3, -0.25) is 19.7 Å². The van der Waals surface area contributed by atoms with Crippen LogP contribution in [-0.4, -0.2) is 48.1 Å². The number of benzene rings is 2. The van der Waals surface area contributed by atoms with E-state index in [1.807, 2.05) is 12.1 Å². The van der Waals surface area contributed by atoms with E-state index in [1.54, 1.807) is 6.92 Å². The molecule has 3 atom stereocenters. The second-order valence-electron chi connectivity index (χ2n) is 10.4. The Kier molecular flexibility index (Phi) is 9.64. The van der Waals surface area contributed by atoms with Gasteiger partial charge in [0.1, 0.15) is 18.4 Å². The number of nitrogens with one attached hydrogen (secondary N) is 2. The summed E-state index contributed by atoms with van der Waals surface area (Å²) < 4.78 is 65.8. The van der Waals surface area contributed by atoms with Gasteiger partial charge in [0.2, 0.25) is 17.5 Å². The summed E-state index contributed by atoms with van der Waals surface area (Å²) in [6.45, 7) is 0.861. The van der Waals surface area contributed by atoms with Crippen LogP contribution < -0.4 is 15.4 Å². The largest absolute Gasteiger partial charge is 0.481 e. The van der Waals surface area contributed by atoms with Crippen molar-refractivity contribution in [1.82, 2.24) is 10.6 Å². The number of carbonyl (C=O) groups excluding carboxylic acids is 2. The first-order valence-corrected chi connectivity index (χ1v) is 13.6. The number of carboxylic acid groups (broad SMARTS) is 1. The summed E-state index contributed by atoms with van der Waals surface area (Å²) >= 11 is 0. The molecule has 1 fully saturated rings. The third-order valence-electron chi connectivity index (χ3n) is 7.46. The van der Waals surface area contributed by atoms with Gasteiger partial charge in [0.15, 0.2) is 23.2 Å². The molecule has 41 heavy (non-hydrogen) atoms. The molecule has 0 bridgehead atoms. The third kappa shape index (κ3) is 6.87. The Morgan fingerprint density at radius 1 is 1.05 bits per heavy atom. The van der Waals surface area contributed by atoms with Crippen molar-refractivity contribution in [3.63, 3.8) is 0 Å². The number of amides is 1. The van der Waals surface area contributed by atoms with E-state index in [0.29, 0.717) is 13.0 Å². The highest BCUT2D eigenvalue weighted by Crippen LogP contribution is 2.38. The molecular formula is C29H32F4N2O6. The average molecular weight is 581 g/mol. The van der Waals surface area contributed by atoms with Gasteiger partial charge in [-0.05, 0) is 63.0 Å². The third-order valence-corrected chi connectivity index (χ3v) is 7.46. The molecule has 0 saturated carbocycles. The monoisotopic (exact) mass is 580 g/mol. The number of fused-ring (bicyclic) bond motifs is 1. The highest BCUT2D eigenvalue weighted by atomic mass is 19.2. The molecule has 3 N–H and O–H groups in total. The van der Waals surface area contributed by atoms with Crippen LogP contribution in [0.2, 0.25) is 0 Å². The summed E-state index contributed by atoms with van der Waals surface area (Å²) in [4.78, 5) is 37.4. The number of aliphatic carboxylic acids is 1. The molecule has 2 aliphatic rings.